The first kappa shape index (κ1) is 28.5. The van der Waals surface area contributed by atoms with Gasteiger partial charge in [0.05, 0.1) is 0 Å². The van der Waals surface area contributed by atoms with E-state index in [0.717, 1.165) is 44.6 Å². The fraction of sp³-hybridized carbons (Fsp3) is 0.393. The monoisotopic (exact) mass is 522 g/mol. The van der Waals surface area contributed by atoms with Crippen molar-refractivity contribution in [2.75, 3.05) is 24.5 Å². The molecule has 2 N–H and O–H groups in total. The number of nitrogens with zero attached hydrogens (tertiary/aromatic N) is 4. The highest BCUT2D eigenvalue weighted by Crippen LogP contribution is 2.41. The minimum absolute atomic E-state index is 0.0742. The van der Waals surface area contributed by atoms with Crippen molar-refractivity contribution in [3.63, 3.8) is 0 Å². The third-order valence-corrected chi connectivity index (χ3v) is 6.59. The summed E-state index contributed by atoms with van der Waals surface area (Å²) in [7, 11) is 0. The van der Waals surface area contributed by atoms with Gasteiger partial charge in [0, 0.05) is 38.2 Å². The Balaban J connectivity index is 0.000000599. The Hall–Kier alpha value is -4.05. The van der Waals surface area contributed by atoms with Crippen molar-refractivity contribution < 1.29 is 29.0 Å². The molecule has 1 amide bonds. The number of rotatable bonds is 8. The lowest BCUT2D eigenvalue weighted by molar-refractivity contribution is -0.159. The second-order valence-electron chi connectivity index (χ2n) is 8.99. The number of hydrogen-bond donors (Lipinski definition) is 2. The molecule has 38 heavy (non-hydrogen) atoms. The molecule has 202 valence electrons. The third-order valence-electron chi connectivity index (χ3n) is 6.59. The van der Waals surface area contributed by atoms with Crippen molar-refractivity contribution in [3.8, 4) is 0 Å². The molecule has 4 rings (SSSR count). The number of carbonyl (C=O) groups is 3. The molecule has 1 aliphatic rings. The Bertz CT molecular complexity index is 1180. The van der Waals surface area contributed by atoms with Crippen LogP contribution in [0.2, 0.25) is 0 Å². The maximum absolute atomic E-state index is 13.3. The SMILES string of the molecule is CCC(=O)N(c1ccccc1)C1(c2nnc(CC)o2)CCN(CCc2ccccc2)CC1.O=C(O)C(=O)O. The Morgan fingerprint density at radius 2 is 1.50 bits per heavy atom. The van der Waals surface area contributed by atoms with E-state index in [2.05, 4.69) is 45.4 Å². The fourth-order valence-corrected chi connectivity index (χ4v) is 4.56. The van der Waals surface area contributed by atoms with Gasteiger partial charge in [0.1, 0.15) is 5.54 Å². The summed E-state index contributed by atoms with van der Waals surface area (Å²) in [5, 5.41) is 23.5. The quantitative estimate of drug-likeness (QED) is 0.424. The highest BCUT2D eigenvalue weighted by atomic mass is 16.4. The van der Waals surface area contributed by atoms with Gasteiger partial charge >= 0.3 is 11.9 Å². The topological polar surface area (TPSA) is 137 Å². The Labute approximate surface area is 221 Å². The van der Waals surface area contributed by atoms with E-state index < -0.39 is 17.5 Å². The number of amides is 1. The standard InChI is InChI=1S/C26H32N4O2.C2H2O4/c1-3-23-27-28-25(32-23)26(30(24(31)4-2)22-13-9-6-10-14-22)16-19-29(20-17-26)18-15-21-11-7-5-8-12-21;3-1(4)2(5)6/h5-14H,3-4,15-20H2,1-2H3;(H,3,4)(H,5,6). The van der Waals surface area contributed by atoms with Crippen LogP contribution >= 0.6 is 0 Å². The van der Waals surface area contributed by atoms with Crippen LogP contribution in [-0.4, -0.2) is 62.8 Å². The molecule has 3 aromatic rings. The maximum atomic E-state index is 13.3. The molecule has 1 saturated heterocycles. The van der Waals surface area contributed by atoms with Gasteiger partial charge in [-0.1, -0.05) is 62.4 Å². The molecular formula is C28H34N4O6. The van der Waals surface area contributed by atoms with Crippen molar-refractivity contribution in [1.29, 1.82) is 0 Å². The number of aryl methyl sites for hydroxylation is 1. The van der Waals surface area contributed by atoms with Crippen LogP contribution in [0.25, 0.3) is 0 Å². The predicted molar refractivity (Wildman–Crippen MR) is 141 cm³/mol. The largest absolute Gasteiger partial charge is 0.473 e. The first-order valence-corrected chi connectivity index (χ1v) is 12.7. The molecule has 10 heteroatoms. The number of carboxylic acid groups (broad SMARTS) is 2. The fourth-order valence-electron chi connectivity index (χ4n) is 4.56. The molecule has 1 aromatic heterocycles. The molecule has 1 fully saturated rings. The number of carboxylic acids is 2. The van der Waals surface area contributed by atoms with E-state index in [4.69, 9.17) is 24.2 Å². The van der Waals surface area contributed by atoms with E-state index in [9.17, 15) is 4.79 Å². The van der Waals surface area contributed by atoms with E-state index in [-0.39, 0.29) is 5.91 Å². The summed E-state index contributed by atoms with van der Waals surface area (Å²) in [6, 6.07) is 20.5. The lowest BCUT2D eigenvalue weighted by Gasteiger charge is -2.46. The number of aliphatic carboxylic acids is 2. The third kappa shape index (κ3) is 7.04. The first-order valence-electron chi connectivity index (χ1n) is 12.7. The molecule has 2 aromatic carbocycles. The second-order valence-corrected chi connectivity index (χ2v) is 8.99. The lowest BCUT2D eigenvalue weighted by atomic mass is 9.84. The van der Waals surface area contributed by atoms with Crippen molar-refractivity contribution in [1.82, 2.24) is 15.1 Å². The zero-order chi connectivity index (χ0) is 27.5. The molecule has 0 spiro atoms. The molecule has 0 saturated carbocycles. The summed E-state index contributed by atoms with van der Waals surface area (Å²) < 4.78 is 6.10. The van der Waals surface area contributed by atoms with E-state index in [1.54, 1.807) is 0 Å². The zero-order valence-corrected chi connectivity index (χ0v) is 21.7. The summed E-state index contributed by atoms with van der Waals surface area (Å²) in [4.78, 5) is 35.9. The molecule has 0 atom stereocenters. The van der Waals surface area contributed by atoms with E-state index in [1.807, 2.05) is 49.1 Å². The number of aromatic nitrogens is 2. The molecule has 1 aliphatic heterocycles. The lowest BCUT2D eigenvalue weighted by Crippen LogP contribution is -2.56. The summed E-state index contributed by atoms with van der Waals surface area (Å²) in [5.74, 6) is -2.40. The van der Waals surface area contributed by atoms with Crippen LogP contribution in [0, 0.1) is 0 Å². The minimum atomic E-state index is -1.82. The van der Waals surface area contributed by atoms with E-state index in [1.165, 1.54) is 5.56 Å². The van der Waals surface area contributed by atoms with Crippen LogP contribution in [0.4, 0.5) is 5.69 Å². The predicted octanol–water partition coefficient (Wildman–Crippen LogP) is 3.76. The van der Waals surface area contributed by atoms with Gasteiger partial charge in [-0.05, 0) is 37.0 Å². The number of hydrogen-bond acceptors (Lipinski definition) is 7. The van der Waals surface area contributed by atoms with Crippen LogP contribution in [0.1, 0.15) is 50.5 Å². The average Bonchev–Trinajstić information content (AvgIpc) is 3.44. The van der Waals surface area contributed by atoms with Crippen molar-refractivity contribution >= 4 is 23.5 Å². The number of likely N-dealkylation sites (tertiary alicyclic amines) is 1. The number of para-hydroxylation sites is 1. The molecule has 0 radical (unpaired) electrons. The minimum Gasteiger partial charge on any atom is -0.473 e. The Morgan fingerprint density at radius 3 is 2.00 bits per heavy atom. The van der Waals surface area contributed by atoms with Crippen molar-refractivity contribution in [2.45, 2.75) is 51.5 Å². The number of carbonyl (C=O) groups excluding carboxylic acids is 1. The van der Waals surface area contributed by atoms with Gasteiger partial charge in [-0.25, -0.2) is 9.59 Å². The van der Waals surface area contributed by atoms with Gasteiger partial charge < -0.3 is 19.5 Å². The zero-order valence-electron chi connectivity index (χ0n) is 21.7. The Kier molecular flexibility index (Phi) is 10.1. The maximum Gasteiger partial charge on any atom is 0.414 e. The van der Waals surface area contributed by atoms with Crippen LogP contribution in [-0.2, 0) is 32.8 Å². The summed E-state index contributed by atoms with van der Waals surface area (Å²) in [5.41, 5.74) is 1.60. The van der Waals surface area contributed by atoms with Crippen molar-refractivity contribution in [2.24, 2.45) is 0 Å². The smallest absolute Gasteiger partial charge is 0.414 e. The highest BCUT2D eigenvalue weighted by molar-refractivity contribution is 6.27. The molecular weight excluding hydrogens is 488 g/mol. The number of piperidine rings is 1. The van der Waals surface area contributed by atoms with Gasteiger partial charge in [-0.3, -0.25) is 9.69 Å². The summed E-state index contributed by atoms with van der Waals surface area (Å²) in [6.07, 6.45) is 3.63. The van der Waals surface area contributed by atoms with Crippen LogP contribution in [0.15, 0.2) is 65.1 Å². The van der Waals surface area contributed by atoms with Gasteiger partial charge in [-0.15, -0.1) is 10.2 Å². The summed E-state index contributed by atoms with van der Waals surface area (Å²) >= 11 is 0. The van der Waals surface area contributed by atoms with Gasteiger partial charge in [-0.2, -0.15) is 0 Å². The molecule has 0 bridgehead atoms. The Morgan fingerprint density at radius 1 is 0.921 bits per heavy atom. The van der Waals surface area contributed by atoms with Crippen molar-refractivity contribution in [3.05, 3.63) is 78.0 Å². The average molecular weight is 523 g/mol. The van der Waals surface area contributed by atoms with Gasteiger partial charge in [0.15, 0.2) is 0 Å². The second kappa shape index (κ2) is 13.5. The molecule has 0 unspecified atom stereocenters. The van der Waals surface area contributed by atoms with E-state index in [0.29, 0.717) is 24.6 Å². The van der Waals surface area contributed by atoms with Crippen LogP contribution < -0.4 is 4.90 Å². The van der Waals surface area contributed by atoms with Gasteiger partial charge in [0.25, 0.3) is 0 Å². The normalized spacial score (nSPS) is 14.7. The van der Waals surface area contributed by atoms with E-state index >= 15 is 0 Å². The molecule has 10 nitrogen and oxygen atoms in total. The number of benzene rings is 2. The molecule has 0 aliphatic carbocycles. The van der Waals surface area contributed by atoms with Crippen LogP contribution in [0.3, 0.4) is 0 Å². The highest BCUT2D eigenvalue weighted by Gasteiger charge is 2.48. The molecule has 2 heterocycles. The number of anilines is 1. The summed E-state index contributed by atoms with van der Waals surface area (Å²) in [6.45, 7) is 6.65. The first-order chi connectivity index (χ1) is 18.3. The van der Waals surface area contributed by atoms with Crippen LogP contribution in [0.5, 0.6) is 0 Å². The van der Waals surface area contributed by atoms with Gasteiger partial charge in [0.2, 0.25) is 17.7 Å².